The van der Waals surface area contributed by atoms with Gasteiger partial charge in [-0.05, 0) is 66.9 Å². The van der Waals surface area contributed by atoms with Crippen LogP contribution in [-0.2, 0) is 0 Å². The van der Waals surface area contributed by atoms with E-state index in [1.807, 2.05) is 26.0 Å². The van der Waals surface area contributed by atoms with Gasteiger partial charge in [0.1, 0.15) is 18.1 Å². The summed E-state index contributed by atoms with van der Waals surface area (Å²) in [5.41, 5.74) is 4.17. The third-order valence-electron chi connectivity index (χ3n) is 4.20. The lowest BCUT2D eigenvalue weighted by molar-refractivity contribution is 0.335. The number of phenols is 3. The Morgan fingerprint density at radius 3 is 2.04 bits per heavy atom. The van der Waals surface area contributed by atoms with Crippen molar-refractivity contribution < 1.29 is 20.1 Å². The third kappa shape index (κ3) is 4.42. The molecule has 0 fully saturated rings. The van der Waals surface area contributed by atoms with Crippen molar-refractivity contribution in [3.63, 3.8) is 0 Å². The summed E-state index contributed by atoms with van der Waals surface area (Å²) in [4.78, 5) is 0. The predicted molar refractivity (Wildman–Crippen MR) is 107 cm³/mol. The molecule has 3 aromatic rings. The van der Waals surface area contributed by atoms with Gasteiger partial charge in [-0.1, -0.05) is 35.9 Å². The fourth-order valence-corrected chi connectivity index (χ4v) is 2.71. The number of hydrogen-bond acceptors (Lipinski definition) is 4. The van der Waals surface area contributed by atoms with Gasteiger partial charge in [-0.25, -0.2) is 0 Å². The smallest absolute Gasteiger partial charge is 0.161 e. The molecular formula is C23H22O4. The monoisotopic (exact) mass is 362 g/mol. The maximum Gasteiger partial charge on any atom is 0.161 e. The molecular weight excluding hydrogens is 340 g/mol. The van der Waals surface area contributed by atoms with Crippen molar-refractivity contribution >= 4 is 0 Å². The lowest BCUT2D eigenvalue weighted by Crippen LogP contribution is -1.94. The molecule has 3 aromatic carbocycles. The number of benzene rings is 3. The Labute approximate surface area is 158 Å². The minimum absolute atomic E-state index is 0.0247. The Bertz CT molecular complexity index is 968. The average molecular weight is 362 g/mol. The fourth-order valence-electron chi connectivity index (χ4n) is 2.71. The van der Waals surface area contributed by atoms with E-state index in [9.17, 15) is 15.3 Å². The van der Waals surface area contributed by atoms with Gasteiger partial charge in [0.05, 0.1) is 0 Å². The molecule has 0 spiro atoms. The number of aromatic hydroxyl groups is 3. The van der Waals surface area contributed by atoms with E-state index in [1.54, 1.807) is 54.6 Å². The van der Waals surface area contributed by atoms with Crippen molar-refractivity contribution in [3.8, 4) is 45.3 Å². The molecule has 0 saturated heterocycles. The molecule has 0 aromatic heterocycles. The second-order valence-electron chi connectivity index (χ2n) is 6.55. The van der Waals surface area contributed by atoms with Crippen LogP contribution < -0.4 is 4.74 Å². The molecule has 0 amide bonds. The van der Waals surface area contributed by atoms with Gasteiger partial charge in [0.25, 0.3) is 0 Å². The molecule has 0 saturated carbocycles. The van der Waals surface area contributed by atoms with Crippen LogP contribution in [0.2, 0.25) is 0 Å². The number of allylic oxidation sites excluding steroid dienone is 1. The predicted octanol–water partition coefficient (Wildman–Crippen LogP) is 5.48. The van der Waals surface area contributed by atoms with E-state index in [4.69, 9.17) is 4.74 Å². The largest absolute Gasteiger partial charge is 0.508 e. The molecule has 0 unspecified atom stereocenters. The van der Waals surface area contributed by atoms with Gasteiger partial charge in [0.15, 0.2) is 11.5 Å². The van der Waals surface area contributed by atoms with Gasteiger partial charge in [0.2, 0.25) is 0 Å². The van der Waals surface area contributed by atoms with E-state index < -0.39 is 0 Å². The van der Waals surface area contributed by atoms with Crippen molar-refractivity contribution in [2.75, 3.05) is 6.61 Å². The van der Waals surface area contributed by atoms with Crippen LogP contribution in [0.4, 0.5) is 0 Å². The maximum absolute atomic E-state index is 10.5. The van der Waals surface area contributed by atoms with Crippen molar-refractivity contribution in [2.45, 2.75) is 13.8 Å². The van der Waals surface area contributed by atoms with E-state index in [1.165, 1.54) is 0 Å². The number of hydrogen-bond donors (Lipinski definition) is 3. The average Bonchev–Trinajstić information content (AvgIpc) is 2.63. The van der Waals surface area contributed by atoms with Crippen LogP contribution >= 0.6 is 0 Å². The first-order valence-electron chi connectivity index (χ1n) is 8.66. The van der Waals surface area contributed by atoms with E-state index in [0.717, 1.165) is 16.7 Å². The van der Waals surface area contributed by atoms with Crippen molar-refractivity contribution in [1.29, 1.82) is 0 Å². The summed E-state index contributed by atoms with van der Waals surface area (Å²) in [5.74, 6) is 0.730. The number of ether oxygens (including phenoxy) is 1. The Kier molecular flexibility index (Phi) is 5.36. The molecule has 0 radical (unpaired) electrons. The number of rotatable bonds is 5. The van der Waals surface area contributed by atoms with E-state index in [2.05, 4.69) is 0 Å². The van der Waals surface area contributed by atoms with Crippen LogP contribution in [0.5, 0.6) is 23.0 Å². The number of phenolic OH excluding ortho intramolecular Hbond substituents is 3. The van der Waals surface area contributed by atoms with E-state index >= 15 is 0 Å². The molecule has 0 heterocycles. The first-order valence-corrected chi connectivity index (χ1v) is 8.66. The van der Waals surface area contributed by atoms with Gasteiger partial charge < -0.3 is 20.1 Å². The molecule has 0 atom stereocenters. The van der Waals surface area contributed by atoms with Crippen LogP contribution in [0, 0.1) is 0 Å². The summed E-state index contributed by atoms with van der Waals surface area (Å²) in [6, 6.07) is 17.2. The van der Waals surface area contributed by atoms with Crippen LogP contribution in [-0.4, -0.2) is 21.9 Å². The molecule has 0 aliphatic rings. The highest BCUT2D eigenvalue weighted by molar-refractivity contribution is 5.77. The summed E-state index contributed by atoms with van der Waals surface area (Å²) in [6.07, 6.45) is 1.93. The minimum atomic E-state index is 0.0247. The van der Waals surface area contributed by atoms with Crippen LogP contribution in [0.15, 0.2) is 72.3 Å². The van der Waals surface area contributed by atoms with Crippen LogP contribution in [0.3, 0.4) is 0 Å². The first kappa shape index (κ1) is 18.4. The van der Waals surface area contributed by atoms with E-state index in [-0.39, 0.29) is 17.2 Å². The van der Waals surface area contributed by atoms with Gasteiger partial charge in [-0.2, -0.15) is 0 Å². The third-order valence-corrected chi connectivity index (χ3v) is 4.20. The summed E-state index contributed by atoms with van der Waals surface area (Å²) >= 11 is 0. The molecule has 27 heavy (non-hydrogen) atoms. The molecule has 0 bridgehead atoms. The Hall–Kier alpha value is -3.40. The standard InChI is InChI=1S/C23H22O4/c1-15(2)11-12-27-23-10-6-18(14-22(23)26)20-9-5-17(13-21(20)25)16-3-7-19(24)8-4-16/h3-11,13-14,24-26H,12H2,1-2H3. The lowest BCUT2D eigenvalue weighted by atomic mass is 9.99. The highest BCUT2D eigenvalue weighted by Crippen LogP contribution is 2.37. The van der Waals surface area contributed by atoms with Gasteiger partial charge in [-0.3, -0.25) is 0 Å². The Morgan fingerprint density at radius 2 is 1.41 bits per heavy atom. The minimum Gasteiger partial charge on any atom is -0.508 e. The molecule has 3 rings (SSSR count). The quantitative estimate of drug-likeness (QED) is 0.526. The first-order chi connectivity index (χ1) is 12.9. The Morgan fingerprint density at radius 1 is 0.778 bits per heavy atom. The fraction of sp³-hybridized carbons (Fsp3) is 0.130. The summed E-state index contributed by atoms with van der Waals surface area (Å²) in [7, 11) is 0. The highest BCUT2D eigenvalue weighted by atomic mass is 16.5. The van der Waals surface area contributed by atoms with Crippen molar-refractivity contribution in [2.24, 2.45) is 0 Å². The summed E-state index contributed by atoms with van der Waals surface area (Å²) in [5, 5.41) is 30.1. The van der Waals surface area contributed by atoms with Crippen LogP contribution in [0.25, 0.3) is 22.3 Å². The zero-order valence-electron chi connectivity index (χ0n) is 15.3. The van der Waals surface area contributed by atoms with Crippen LogP contribution in [0.1, 0.15) is 13.8 Å². The van der Waals surface area contributed by atoms with Crippen molar-refractivity contribution in [3.05, 3.63) is 72.3 Å². The zero-order chi connectivity index (χ0) is 19.4. The molecule has 138 valence electrons. The lowest BCUT2D eigenvalue weighted by Gasteiger charge is -2.11. The maximum atomic E-state index is 10.5. The molecule has 3 N–H and O–H groups in total. The topological polar surface area (TPSA) is 69.9 Å². The molecule has 4 heteroatoms. The second-order valence-corrected chi connectivity index (χ2v) is 6.55. The van der Waals surface area contributed by atoms with Crippen molar-refractivity contribution in [1.82, 2.24) is 0 Å². The van der Waals surface area contributed by atoms with Gasteiger partial charge in [-0.15, -0.1) is 0 Å². The van der Waals surface area contributed by atoms with E-state index in [0.29, 0.717) is 23.5 Å². The zero-order valence-corrected chi connectivity index (χ0v) is 15.3. The normalized spacial score (nSPS) is 10.4. The summed E-state index contributed by atoms with van der Waals surface area (Å²) < 4.78 is 5.55. The molecule has 0 aliphatic heterocycles. The van der Waals surface area contributed by atoms with Gasteiger partial charge in [0, 0.05) is 5.56 Å². The SMILES string of the molecule is CC(C)=CCOc1ccc(-c2ccc(-c3ccc(O)cc3)cc2O)cc1O. The molecule has 4 nitrogen and oxygen atoms in total. The van der Waals surface area contributed by atoms with Gasteiger partial charge >= 0.3 is 0 Å². The Balaban J connectivity index is 1.85. The molecule has 0 aliphatic carbocycles. The summed E-state index contributed by atoms with van der Waals surface area (Å²) in [6.45, 7) is 4.36. The second kappa shape index (κ2) is 7.87. The highest BCUT2D eigenvalue weighted by Gasteiger charge is 2.10.